The van der Waals surface area contributed by atoms with E-state index in [9.17, 15) is 4.79 Å². The number of hydrogen-bond acceptors (Lipinski definition) is 5. The molecule has 0 bridgehead atoms. The molecule has 2 aromatic heterocycles. The van der Waals surface area contributed by atoms with E-state index in [0.29, 0.717) is 12.5 Å². The van der Waals surface area contributed by atoms with E-state index in [1.54, 1.807) is 0 Å². The van der Waals surface area contributed by atoms with Crippen LogP contribution in [-0.4, -0.2) is 26.4 Å². The van der Waals surface area contributed by atoms with Crippen LogP contribution in [0.25, 0.3) is 11.4 Å². The maximum absolute atomic E-state index is 12.5. The summed E-state index contributed by atoms with van der Waals surface area (Å²) in [6.07, 6.45) is 6.62. The first-order valence-electron chi connectivity index (χ1n) is 10.7. The zero-order valence-electron chi connectivity index (χ0n) is 18.1. The highest BCUT2D eigenvalue weighted by molar-refractivity contribution is 7.99. The van der Waals surface area contributed by atoms with E-state index >= 15 is 0 Å². The Kier molecular flexibility index (Phi) is 6.92. The fraction of sp³-hybridized carbons (Fsp3) is 0.375. The van der Waals surface area contributed by atoms with E-state index in [1.807, 2.05) is 29.5 Å². The molecule has 0 radical (unpaired) electrons. The zero-order valence-corrected chi connectivity index (χ0v) is 19.7. The maximum Gasteiger partial charge on any atom is 0.234 e. The third kappa shape index (κ3) is 4.93. The summed E-state index contributed by atoms with van der Waals surface area (Å²) in [4.78, 5) is 14.0. The fourth-order valence-electron chi connectivity index (χ4n) is 3.85. The lowest BCUT2D eigenvalue weighted by Gasteiger charge is -2.13. The van der Waals surface area contributed by atoms with Crippen molar-refractivity contribution in [2.24, 2.45) is 0 Å². The van der Waals surface area contributed by atoms with Crippen molar-refractivity contribution in [2.75, 3.05) is 11.1 Å². The maximum atomic E-state index is 12.5. The van der Waals surface area contributed by atoms with Gasteiger partial charge in [0.2, 0.25) is 5.91 Å². The Morgan fingerprint density at radius 2 is 2.03 bits per heavy atom. The van der Waals surface area contributed by atoms with Crippen LogP contribution in [0.2, 0.25) is 0 Å². The van der Waals surface area contributed by atoms with Crippen LogP contribution in [0.15, 0.2) is 47.5 Å². The predicted molar refractivity (Wildman–Crippen MR) is 130 cm³/mol. The first-order valence-corrected chi connectivity index (χ1v) is 12.6. The van der Waals surface area contributed by atoms with Crippen molar-refractivity contribution in [3.05, 3.63) is 58.3 Å². The molecule has 2 heterocycles. The molecular formula is C24H28N4OS2. The van der Waals surface area contributed by atoms with Crippen LogP contribution in [-0.2, 0) is 24.2 Å². The molecule has 1 N–H and O–H groups in total. The molecule has 0 saturated carbocycles. The second-order valence-electron chi connectivity index (χ2n) is 8.08. The minimum Gasteiger partial charge on any atom is -0.325 e. The lowest BCUT2D eigenvalue weighted by atomic mass is 9.95. The normalized spacial score (nSPS) is 13.3. The van der Waals surface area contributed by atoms with Gasteiger partial charge in [-0.25, -0.2) is 0 Å². The fourth-order valence-corrected chi connectivity index (χ4v) is 5.72. The zero-order chi connectivity index (χ0) is 21.8. The Morgan fingerprint density at radius 3 is 2.77 bits per heavy atom. The van der Waals surface area contributed by atoms with Crippen molar-refractivity contribution in [3.8, 4) is 11.4 Å². The second kappa shape index (κ2) is 9.83. The monoisotopic (exact) mass is 452 g/mol. The molecule has 1 aromatic carbocycles. The van der Waals surface area contributed by atoms with Gasteiger partial charge in [-0.15, -0.1) is 28.1 Å². The largest absolute Gasteiger partial charge is 0.325 e. The van der Waals surface area contributed by atoms with Gasteiger partial charge in [-0.2, -0.15) is 0 Å². The number of carbonyl (C=O) groups is 1. The second-order valence-corrected chi connectivity index (χ2v) is 9.98. The minimum absolute atomic E-state index is 0.0510. The van der Waals surface area contributed by atoms with E-state index in [2.05, 4.69) is 58.0 Å². The standard InChI is InChI=1S/C24H28N4OS2/c1-4-13-28-23(20-14-30-21-8-6-5-7-19(20)21)26-27-24(28)31-15-22(29)25-18-11-9-17(10-12-18)16(2)3/h4,9-12,14,16H,1,5-8,13,15H2,2-3H3,(H,25,29). The number of rotatable bonds is 8. The van der Waals surface area contributed by atoms with Crippen LogP contribution in [0.3, 0.4) is 0 Å². The molecule has 0 saturated heterocycles. The Bertz CT molecular complexity index is 1070. The molecule has 0 atom stereocenters. The number of nitrogens with zero attached hydrogens (tertiary/aromatic N) is 3. The van der Waals surface area contributed by atoms with E-state index in [4.69, 9.17) is 0 Å². The van der Waals surface area contributed by atoms with Crippen LogP contribution < -0.4 is 5.32 Å². The van der Waals surface area contributed by atoms with Crippen molar-refractivity contribution in [1.29, 1.82) is 0 Å². The van der Waals surface area contributed by atoms with Gasteiger partial charge in [0.1, 0.15) is 0 Å². The number of hydrogen-bond donors (Lipinski definition) is 1. The molecule has 5 nitrogen and oxygen atoms in total. The molecule has 4 rings (SSSR count). The lowest BCUT2D eigenvalue weighted by molar-refractivity contribution is -0.113. The van der Waals surface area contributed by atoms with Gasteiger partial charge in [0.05, 0.1) is 5.75 Å². The molecule has 0 fully saturated rings. The number of aromatic nitrogens is 3. The Morgan fingerprint density at radius 1 is 1.26 bits per heavy atom. The van der Waals surface area contributed by atoms with E-state index in [1.165, 1.54) is 46.2 Å². The molecule has 31 heavy (non-hydrogen) atoms. The highest BCUT2D eigenvalue weighted by atomic mass is 32.2. The van der Waals surface area contributed by atoms with Crippen molar-refractivity contribution >= 4 is 34.7 Å². The van der Waals surface area contributed by atoms with Gasteiger partial charge < -0.3 is 5.32 Å². The number of fused-ring (bicyclic) bond motifs is 1. The molecule has 1 aliphatic rings. The average molecular weight is 453 g/mol. The number of anilines is 1. The molecule has 1 amide bonds. The third-order valence-electron chi connectivity index (χ3n) is 5.52. The predicted octanol–water partition coefficient (Wildman–Crippen LogP) is 5.93. The number of nitrogens with one attached hydrogen (secondary N) is 1. The molecule has 7 heteroatoms. The summed E-state index contributed by atoms with van der Waals surface area (Å²) in [5.74, 6) is 1.58. The van der Waals surface area contributed by atoms with Crippen molar-refractivity contribution in [3.63, 3.8) is 0 Å². The first kappa shape index (κ1) is 21.8. The van der Waals surface area contributed by atoms with E-state index in [0.717, 1.165) is 29.5 Å². The van der Waals surface area contributed by atoms with Crippen molar-refractivity contribution in [2.45, 2.75) is 57.1 Å². The Hall–Kier alpha value is -2.38. The van der Waals surface area contributed by atoms with Crippen molar-refractivity contribution < 1.29 is 4.79 Å². The van der Waals surface area contributed by atoms with Gasteiger partial charge in [0.15, 0.2) is 11.0 Å². The van der Waals surface area contributed by atoms with E-state index < -0.39 is 0 Å². The summed E-state index contributed by atoms with van der Waals surface area (Å²) in [6.45, 7) is 8.83. The van der Waals surface area contributed by atoms with E-state index in [-0.39, 0.29) is 11.7 Å². The van der Waals surface area contributed by atoms with Gasteiger partial charge in [-0.05, 0) is 54.9 Å². The number of aryl methyl sites for hydroxylation is 1. The average Bonchev–Trinajstić information content (AvgIpc) is 3.37. The molecule has 0 aliphatic heterocycles. The van der Waals surface area contributed by atoms with Crippen LogP contribution in [0, 0.1) is 0 Å². The SMILES string of the molecule is C=CCn1c(SCC(=O)Nc2ccc(C(C)C)cc2)nnc1-c1csc2c1CCCC2. The van der Waals surface area contributed by atoms with Gasteiger partial charge in [-0.3, -0.25) is 9.36 Å². The highest BCUT2D eigenvalue weighted by Crippen LogP contribution is 2.36. The minimum atomic E-state index is -0.0510. The summed E-state index contributed by atoms with van der Waals surface area (Å²) < 4.78 is 2.07. The van der Waals surface area contributed by atoms with Gasteiger partial charge >= 0.3 is 0 Å². The summed E-state index contributed by atoms with van der Waals surface area (Å²) in [7, 11) is 0. The molecule has 0 unspecified atom stereocenters. The topological polar surface area (TPSA) is 59.8 Å². The lowest BCUT2D eigenvalue weighted by Crippen LogP contribution is -2.14. The van der Waals surface area contributed by atoms with Gasteiger partial charge in [0, 0.05) is 28.1 Å². The van der Waals surface area contributed by atoms with Crippen LogP contribution in [0.5, 0.6) is 0 Å². The molecular weight excluding hydrogens is 424 g/mol. The smallest absolute Gasteiger partial charge is 0.234 e. The molecule has 162 valence electrons. The van der Waals surface area contributed by atoms with Crippen molar-refractivity contribution in [1.82, 2.24) is 14.8 Å². The summed E-state index contributed by atoms with van der Waals surface area (Å²) in [5.41, 5.74) is 4.69. The number of amides is 1. The Balaban J connectivity index is 1.45. The van der Waals surface area contributed by atoms with Gasteiger partial charge in [0.25, 0.3) is 0 Å². The Labute approximate surface area is 192 Å². The van der Waals surface area contributed by atoms with Crippen LogP contribution in [0.1, 0.15) is 48.6 Å². The summed E-state index contributed by atoms with van der Waals surface area (Å²) in [6, 6.07) is 8.02. The number of carbonyl (C=O) groups excluding carboxylic acids is 1. The number of thiophene rings is 1. The molecule has 3 aromatic rings. The highest BCUT2D eigenvalue weighted by Gasteiger charge is 2.22. The quantitative estimate of drug-likeness (QED) is 0.340. The third-order valence-corrected chi connectivity index (χ3v) is 7.58. The summed E-state index contributed by atoms with van der Waals surface area (Å²) >= 11 is 3.24. The molecule has 0 spiro atoms. The van der Waals surface area contributed by atoms with Crippen LogP contribution in [0.4, 0.5) is 5.69 Å². The first-order chi connectivity index (χ1) is 15.1. The van der Waals surface area contributed by atoms with Gasteiger partial charge in [-0.1, -0.05) is 43.8 Å². The number of thioether (sulfide) groups is 1. The molecule has 1 aliphatic carbocycles. The number of benzene rings is 1. The summed E-state index contributed by atoms with van der Waals surface area (Å²) in [5, 5.41) is 14.8. The number of allylic oxidation sites excluding steroid dienone is 1. The van der Waals surface area contributed by atoms with Crippen LogP contribution >= 0.6 is 23.1 Å².